The quantitative estimate of drug-likeness (QED) is 0.627. The number of rotatable bonds is 6. The van der Waals surface area contributed by atoms with E-state index in [2.05, 4.69) is 10.2 Å². The van der Waals surface area contributed by atoms with Crippen LogP contribution in [0.4, 0.5) is 5.69 Å². The summed E-state index contributed by atoms with van der Waals surface area (Å²) in [5.74, 6) is -0.897. The lowest BCUT2D eigenvalue weighted by Gasteiger charge is -2.00. The lowest BCUT2D eigenvalue weighted by atomic mass is 10.1. The molecule has 0 fully saturated rings. The second-order valence-corrected chi connectivity index (χ2v) is 4.14. The molecule has 0 amide bonds. The molecule has 0 bridgehead atoms. The number of carboxylic acids is 1. The average molecular weight is 293 g/mol. The molecule has 110 valence electrons. The van der Waals surface area contributed by atoms with Gasteiger partial charge in [0.1, 0.15) is 13.2 Å². The molecule has 0 unspecified atom stereocenters. The van der Waals surface area contributed by atoms with Crippen molar-refractivity contribution >= 4 is 11.7 Å². The first-order chi connectivity index (χ1) is 9.97. The lowest BCUT2D eigenvalue weighted by Crippen LogP contribution is -2.06. The highest BCUT2D eigenvalue weighted by molar-refractivity contribution is 5.68. The molecule has 0 aliphatic rings. The number of hydrogen-bond acceptors (Lipinski definition) is 7. The van der Waals surface area contributed by atoms with Crippen LogP contribution in [-0.2, 0) is 16.1 Å². The number of hydrogen-bond donors (Lipinski definition) is 1. The first-order valence-corrected chi connectivity index (χ1v) is 5.84. The molecule has 1 N–H and O–H groups in total. The minimum atomic E-state index is -1.11. The second kappa shape index (κ2) is 6.09. The highest BCUT2D eigenvalue weighted by Crippen LogP contribution is 2.26. The molecule has 1 heterocycles. The molecule has 2 aromatic rings. The van der Waals surface area contributed by atoms with Crippen LogP contribution in [0.2, 0.25) is 0 Å². The molecular weight excluding hydrogens is 282 g/mol. The van der Waals surface area contributed by atoms with Crippen LogP contribution in [0.1, 0.15) is 11.5 Å². The third kappa shape index (κ3) is 3.60. The van der Waals surface area contributed by atoms with Gasteiger partial charge in [-0.25, -0.2) is 4.79 Å². The summed E-state index contributed by atoms with van der Waals surface area (Å²) in [7, 11) is 0. The van der Waals surface area contributed by atoms with Gasteiger partial charge in [0.05, 0.1) is 4.92 Å². The summed E-state index contributed by atoms with van der Waals surface area (Å²) >= 11 is 0. The van der Waals surface area contributed by atoms with Crippen LogP contribution >= 0.6 is 0 Å². The topological polar surface area (TPSA) is 129 Å². The Kier molecular flexibility index (Phi) is 4.24. The predicted molar refractivity (Wildman–Crippen MR) is 68.4 cm³/mol. The summed E-state index contributed by atoms with van der Waals surface area (Å²) in [5, 5.41) is 26.7. The fourth-order valence-electron chi connectivity index (χ4n) is 1.60. The molecule has 9 nitrogen and oxygen atoms in total. The molecule has 2 rings (SSSR count). The minimum absolute atomic E-state index is 0.0857. The molecule has 1 aromatic carbocycles. The van der Waals surface area contributed by atoms with E-state index in [-0.39, 0.29) is 24.1 Å². The number of ether oxygens (including phenoxy) is 1. The van der Waals surface area contributed by atoms with E-state index in [9.17, 15) is 14.9 Å². The average Bonchev–Trinajstić information content (AvgIpc) is 2.87. The lowest BCUT2D eigenvalue weighted by molar-refractivity contribution is -0.384. The first kappa shape index (κ1) is 14.6. The summed E-state index contributed by atoms with van der Waals surface area (Å²) in [5.41, 5.74) is 1.10. The van der Waals surface area contributed by atoms with Crippen LogP contribution in [0.3, 0.4) is 0 Å². The van der Waals surface area contributed by atoms with Gasteiger partial charge in [-0.05, 0) is 12.5 Å². The third-order valence-electron chi connectivity index (χ3n) is 2.58. The number of nitrogens with zero attached hydrogens (tertiary/aromatic N) is 3. The van der Waals surface area contributed by atoms with Crippen LogP contribution in [-0.4, -0.2) is 32.8 Å². The van der Waals surface area contributed by atoms with Gasteiger partial charge in [-0.1, -0.05) is 6.07 Å². The summed E-state index contributed by atoms with van der Waals surface area (Å²) < 4.78 is 10.1. The normalized spacial score (nSPS) is 10.5. The van der Waals surface area contributed by atoms with Crippen molar-refractivity contribution in [2.75, 3.05) is 6.61 Å². The van der Waals surface area contributed by atoms with Crippen LogP contribution in [0.25, 0.3) is 11.5 Å². The predicted octanol–water partition coefficient (Wildman–Crippen LogP) is 1.55. The van der Waals surface area contributed by atoms with Gasteiger partial charge in [0, 0.05) is 17.7 Å². The number of nitro benzene ring substituents is 1. The number of carbonyl (C=O) groups is 1. The van der Waals surface area contributed by atoms with Crippen molar-refractivity contribution in [3.8, 4) is 11.5 Å². The van der Waals surface area contributed by atoms with E-state index >= 15 is 0 Å². The van der Waals surface area contributed by atoms with Gasteiger partial charge in [0.15, 0.2) is 0 Å². The Morgan fingerprint density at radius 2 is 2.24 bits per heavy atom. The first-order valence-electron chi connectivity index (χ1n) is 5.84. The zero-order chi connectivity index (χ0) is 15.4. The fourth-order valence-corrected chi connectivity index (χ4v) is 1.60. The molecule has 0 spiro atoms. The number of nitro groups is 1. The van der Waals surface area contributed by atoms with Gasteiger partial charge in [0.25, 0.3) is 5.69 Å². The summed E-state index contributed by atoms with van der Waals surface area (Å²) in [6.45, 7) is 1.13. The Bertz CT molecular complexity index is 681. The van der Waals surface area contributed by atoms with Gasteiger partial charge in [-0.15, -0.1) is 10.2 Å². The van der Waals surface area contributed by atoms with Crippen molar-refractivity contribution in [2.24, 2.45) is 0 Å². The van der Waals surface area contributed by atoms with E-state index in [0.29, 0.717) is 5.56 Å². The molecule has 1 aromatic heterocycles. The van der Waals surface area contributed by atoms with Gasteiger partial charge in [-0.3, -0.25) is 10.1 Å². The molecule has 21 heavy (non-hydrogen) atoms. The van der Waals surface area contributed by atoms with Gasteiger partial charge < -0.3 is 14.3 Å². The molecule has 0 atom stereocenters. The maximum absolute atomic E-state index is 10.8. The second-order valence-electron chi connectivity index (χ2n) is 4.14. The van der Waals surface area contributed by atoms with Crippen molar-refractivity contribution in [1.82, 2.24) is 10.2 Å². The fraction of sp³-hybridized carbons (Fsp3) is 0.250. The molecule has 0 aliphatic carbocycles. The monoisotopic (exact) mass is 293 g/mol. The van der Waals surface area contributed by atoms with Crippen molar-refractivity contribution in [1.29, 1.82) is 0 Å². The van der Waals surface area contributed by atoms with Crippen molar-refractivity contribution in [3.05, 3.63) is 39.8 Å². The van der Waals surface area contributed by atoms with E-state index in [1.807, 2.05) is 0 Å². The Balaban J connectivity index is 2.19. The van der Waals surface area contributed by atoms with Crippen LogP contribution in [0, 0.1) is 17.0 Å². The van der Waals surface area contributed by atoms with Crippen molar-refractivity contribution in [2.45, 2.75) is 13.5 Å². The molecule has 0 saturated heterocycles. The van der Waals surface area contributed by atoms with Gasteiger partial charge >= 0.3 is 5.97 Å². The summed E-state index contributed by atoms with van der Waals surface area (Å²) in [4.78, 5) is 20.6. The number of carboxylic acid groups (broad SMARTS) is 1. The minimum Gasteiger partial charge on any atom is -0.480 e. The Morgan fingerprint density at radius 3 is 2.90 bits per heavy atom. The van der Waals surface area contributed by atoms with Crippen LogP contribution in [0.5, 0.6) is 0 Å². The van der Waals surface area contributed by atoms with E-state index in [1.165, 1.54) is 12.1 Å². The summed E-state index contributed by atoms with van der Waals surface area (Å²) in [6, 6.07) is 4.30. The van der Waals surface area contributed by atoms with Crippen LogP contribution < -0.4 is 0 Å². The van der Waals surface area contributed by atoms with E-state index in [0.717, 1.165) is 5.56 Å². The molecule has 0 aliphatic heterocycles. The highest BCUT2D eigenvalue weighted by Gasteiger charge is 2.15. The Morgan fingerprint density at radius 1 is 1.48 bits per heavy atom. The molecule has 0 saturated carbocycles. The number of benzene rings is 1. The van der Waals surface area contributed by atoms with Gasteiger partial charge in [-0.2, -0.15) is 0 Å². The number of aryl methyl sites for hydroxylation is 1. The SMILES string of the molecule is Cc1ccc([N+](=O)[O-])cc1-c1nnc(COCC(=O)O)o1. The van der Waals surface area contributed by atoms with Crippen LogP contribution in [0.15, 0.2) is 22.6 Å². The maximum Gasteiger partial charge on any atom is 0.329 e. The molecule has 9 heteroatoms. The maximum atomic E-state index is 10.8. The van der Waals surface area contributed by atoms with E-state index in [4.69, 9.17) is 14.3 Å². The zero-order valence-corrected chi connectivity index (χ0v) is 11.0. The van der Waals surface area contributed by atoms with Gasteiger partial charge in [0.2, 0.25) is 11.8 Å². The third-order valence-corrected chi connectivity index (χ3v) is 2.58. The van der Waals surface area contributed by atoms with Crippen molar-refractivity contribution < 1.29 is 24.0 Å². The van der Waals surface area contributed by atoms with E-state index < -0.39 is 17.5 Å². The molecular formula is C12H11N3O6. The Labute approximate surface area is 118 Å². The summed E-state index contributed by atoms with van der Waals surface area (Å²) in [6.07, 6.45) is 0. The number of non-ortho nitro benzene ring substituents is 1. The molecule has 0 radical (unpaired) electrons. The number of aromatic nitrogens is 2. The highest BCUT2D eigenvalue weighted by atomic mass is 16.6. The number of aliphatic carboxylic acids is 1. The largest absolute Gasteiger partial charge is 0.480 e. The zero-order valence-electron chi connectivity index (χ0n) is 11.0. The van der Waals surface area contributed by atoms with Crippen molar-refractivity contribution in [3.63, 3.8) is 0 Å². The van der Waals surface area contributed by atoms with E-state index in [1.54, 1.807) is 13.0 Å². The Hall–Kier alpha value is -2.81. The standard InChI is InChI=1S/C12H11N3O6/c1-7-2-3-8(15(18)19)4-9(7)12-14-13-10(21-12)5-20-6-11(16)17/h2-4H,5-6H2,1H3,(H,16,17). The smallest absolute Gasteiger partial charge is 0.329 e.